The molecule has 0 aromatic heterocycles. The van der Waals surface area contributed by atoms with Gasteiger partial charge in [-0.2, -0.15) is 0 Å². The van der Waals surface area contributed by atoms with E-state index in [4.69, 9.17) is 5.21 Å². The number of nitrogens with zero attached hydrogens (tertiary/aromatic N) is 1. The van der Waals surface area contributed by atoms with Crippen LogP contribution in [0.3, 0.4) is 0 Å². The fraction of sp³-hybridized carbons (Fsp3) is 0.833. The monoisotopic (exact) mass is 147 g/mol. The summed E-state index contributed by atoms with van der Waals surface area (Å²) >= 11 is 1.60. The van der Waals surface area contributed by atoms with Gasteiger partial charge >= 0.3 is 0 Å². The summed E-state index contributed by atoms with van der Waals surface area (Å²) in [6.07, 6.45) is 2.39. The van der Waals surface area contributed by atoms with Crippen LogP contribution in [-0.4, -0.2) is 16.0 Å². The van der Waals surface area contributed by atoms with Gasteiger partial charge in [-0.15, -0.1) is 11.8 Å². The smallest absolute Gasteiger partial charge is 0.109 e. The summed E-state index contributed by atoms with van der Waals surface area (Å²) in [7, 11) is 0. The third kappa shape index (κ3) is 5.69. The molecule has 0 aromatic carbocycles. The highest BCUT2D eigenvalue weighted by Crippen LogP contribution is 2.05. The lowest BCUT2D eigenvalue weighted by atomic mass is 10.4. The maximum absolute atomic E-state index is 8.20. The summed E-state index contributed by atoms with van der Waals surface area (Å²) in [4.78, 5) is 0. The van der Waals surface area contributed by atoms with E-state index in [9.17, 15) is 0 Å². The van der Waals surface area contributed by atoms with Crippen molar-refractivity contribution in [1.29, 1.82) is 0 Å². The molecule has 0 aliphatic heterocycles. The molecule has 0 radical (unpaired) electrons. The molecule has 0 aliphatic rings. The molecule has 0 aliphatic carbocycles. The molecule has 2 nitrogen and oxygen atoms in total. The van der Waals surface area contributed by atoms with Gasteiger partial charge in [-0.3, -0.25) is 0 Å². The highest BCUT2D eigenvalue weighted by molar-refractivity contribution is 8.13. The van der Waals surface area contributed by atoms with E-state index < -0.39 is 0 Å². The lowest BCUT2D eigenvalue weighted by Crippen LogP contribution is -1.85. The molecule has 0 saturated heterocycles. The Balaban J connectivity index is 3.07. The third-order valence-corrected chi connectivity index (χ3v) is 1.94. The van der Waals surface area contributed by atoms with Crippen LogP contribution < -0.4 is 0 Å². The Hall–Kier alpha value is -0.180. The Morgan fingerprint density at radius 3 is 2.78 bits per heavy atom. The molecule has 1 N–H and O–H groups in total. The van der Waals surface area contributed by atoms with Crippen LogP contribution in [0.15, 0.2) is 5.16 Å². The van der Waals surface area contributed by atoms with E-state index in [0.717, 1.165) is 10.8 Å². The zero-order valence-corrected chi connectivity index (χ0v) is 6.74. The third-order valence-electron chi connectivity index (χ3n) is 0.950. The second kappa shape index (κ2) is 5.95. The van der Waals surface area contributed by atoms with Crippen LogP contribution >= 0.6 is 11.8 Å². The standard InChI is InChI=1S/C6H13NOS/c1-3-4-5-9-6(2)7-8/h8H,3-5H2,1-2H3. The van der Waals surface area contributed by atoms with Crippen molar-refractivity contribution in [3.8, 4) is 0 Å². The van der Waals surface area contributed by atoms with Crippen molar-refractivity contribution in [2.24, 2.45) is 5.16 Å². The predicted octanol–water partition coefficient (Wildman–Crippen LogP) is 2.33. The molecule has 3 heteroatoms. The van der Waals surface area contributed by atoms with E-state index >= 15 is 0 Å². The average molecular weight is 147 g/mol. The quantitative estimate of drug-likeness (QED) is 0.218. The van der Waals surface area contributed by atoms with Gasteiger partial charge < -0.3 is 5.21 Å². The summed E-state index contributed by atoms with van der Waals surface area (Å²) in [6.45, 7) is 3.95. The molecular formula is C6H13NOS. The first-order valence-corrected chi connectivity index (χ1v) is 4.11. The zero-order chi connectivity index (χ0) is 7.11. The van der Waals surface area contributed by atoms with E-state index in [1.807, 2.05) is 0 Å². The maximum atomic E-state index is 8.20. The number of thioether (sulfide) groups is 1. The van der Waals surface area contributed by atoms with E-state index in [2.05, 4.69) is 12.1 Å². The summed E-state index contributed by atoms with van der Waals surface area (Å²) < 4.78 is 0. The van der Waals surface area contributed by atoms with Crippen LogP contribution in [0.25, 0.3) is 0 Å². The molecule has 0 atom stereocenters. The molecule has 0 bridgehead atoms. The topological polar surface area (TPSA) is 32.6 Å². The van der Waals surface area contributed by atoms with Crippen LogP contribution in [0, 0.1) is 0 Å². The molecule has 0 amide bonds. The minimum absolute atomic E-state index is 0.753. The SMILES string of the molecule is CCCCSC(C)=NO. The molecule has 0 spiro atoms. The summed E-state index contributed by atoms with van der Waals surface area (Å²) in [5.41, 5.74) is 0. The molecule has 0 unspecified atom stereocenters. The van der Waals surface area contributed by atoms with Gasteiger partial charge in [-0.25, -0.2) is 0 Å². The van der Waals surface area contributed by atoms with Gasteiger partial charge in [0.15, 0.2) is 0 Å². The zero-order valence-electron chi connectivity index (χ0n) is 5.92. The second-order valence-corrected chi connectivity index (χ2v) is 3.11. The molecule has 0 rings (SSSR count). The van der Waals surface area contributed by atoms with E-state index in [0.29, 0.717) is 0 Å². The summed E-state index contributed by atoms with van der Waals surface area (Å²) in [5.74, 6) is 1.06. The van der Waals surface area contributed by atoms with Gasteiger partial charge in [0.05, 0.1) is 0 Å². The van der Waals surface area contributed by atoms with Gasteiger partial charge in [0, 0.05) is 0 Å². The molecular weight excluding hydrogens is 134 g/mol. The van der Waals surface area contributed by atoms with E-state index in [1.54, 1.807) is 18.7 Å². The summed E-state index contributed by atoms with van der Waals surface area (Å²) in [5, 5.41) is 12.0. The number of oxime groups is 1. The largest absolute Gasteiger partial charge is 0.410 e. The van der Waals surface area contributed by atoms with Crippen LogP contribution in [0.1, 0.15) is 26.7 Å². The second-order valence-electron chi connectivity index (χ2n) is 1.82. The van der Waals surface area contributed by atoms with Gasteiger partial charge in [0.2, 0.25) is 0 Å². The average Bonchev–Trinajstić information content (AvgIpc) is 1.89. The van der Waals surface area contributed by atoms with Crippen LogP contribution in [-0.2, 0) is 0 Å². The molecule has 0 fully saturated rings. The maximum Gasteiger partial charge on any atom is 0.109 e. The van der Waals surface area contributed by atoms with Gasteiger partial charge in [-0.05, 0) is 19.1 Å². The van der Waals surface area contributed by atoms with Crippen molar-refractivity contribution < 1.29 is 5.21 Å². The Kier molecular flexibility index (Phi) is 5.83. The normalized spacial score (nSPS) is 12.0. The fourth-order valence-corrected chi connectivity index (χ4v) is 1.18. The summed E-state index contributed by atoms with van der Waals surface area (Å²) in [6, 6.07) is 0. The highest BCUT2D eigenvalue weighted by atomic mass is 32.2. The first-order chi connectivity index (χ1) is 4.31. The first-order valence-electron chi connectivity index (χ1n) is 3.12. The van der Waals surface area contributed by atoms with Crippen molar-refractivity contribution >= 4 is 16.8 Å². The van der Waals surface area contributed by atoms with Crippen molar-refractivity contribution in [1.82, 2.24) is 0 Å². The van der Waals surface area contributed by atoms with Crippen LogP contribution in [0.5, 0.6) is 0 Å². The van der Waals surface area contributed by atoms with Crippen LogP contribution in [0.2, 0.25) is 0 Å². The molecule has 0 saturated carbocycles. The lowest BCUT2D eigenvalue weighted by Gasteiger charge is -1.94. The number of unbranched alkanes of at least 4 members (excludes halogenated alkanes) is 1. The minimum Gasteiger partial charge on any atom is -0.410 e. The van der Waals surface area contributed by atoms with Crippen molar-refractivity contribution in [3.63, 3.8) is 0 Å². The molecule has 0 aromatic rings. The van der Waals surface area contributed by atoms with Gasteiger partial charge in [0.1, 0.15) is 5.04 Å². The Bertz CT molecular complexity index is 93.1. The van der Waals surface area contributed by atoms with Gasteiger partial charge in [0.25, 0.3) is 0 Å². The Morgan fingerprint density at radius 1 is 1.67 bits per heavy atom. The number of hydrogen-bond acceptors (Lipinski definition) is 3. The molecule has 9 heavy (non-hydrogen) atoms. The molecule has 0 heterocycles. The molecule has 54 valence electrons. The van der Waals surface area contributed by atoms with Crippen LogP contribution in [0.4, 0.5) is 0 Å². The Labute approximate surface area is 60.3 Å². The van der Waals surface area contributed by atoms with Crippen molar-refractivity contribution in [2.45, 2.75) is 26.7 Å². The van der Waals surface area contributed by atoms with E-state index in [-0.39, 0.29) is 0 Å². The Morgan fingerprint density at radius 2 is 2.33 bits per heavy atom. The van der Waals surface area contributed by atoms with Crippen molar-refractivity contribution in [2.75, 3.05) is 5.75 Å². The minimum atomic E-state index is 0.753. The lowest BCUT2D eigenvalue weighted by molar-refractivity contribution is 0.320. The van der Waals surface area contributed by atoms with Crippen molar-refractivity contribution in [3.05, 3.63) is 0 Å². The van der Waals surface area contributed by atoms with E-state index in [1.165, 1.54) is 12.8 Å². The highest BCUT2D eigenvalue weighted by Gasteiger charge is 1.89. The number of hydrogen-bond donors (Lipinski definition) is 1. The van der Waals surface area contributed by atoms with Gasteiger partial charge in [-0.1, -0.05) is 18.5 Å². The first kappa shape index (κ1) is 8.82. The predicted molar refractivity (Wildman–Crippen MR) is 42.3 cm³/mol. The number of rotatable bonds is 3. The fourth-order valence-electron chi connectivity index (χ4n) is 0.393.